The van der Waals surface area contributed by atoms with Crippen molar-refractivity contribution in [2.24, 2.45) is 0 Å². The molecule has 5 heteroatoms. The number of carbonyl (C=O) groups is 1. The molecule has 0 bridgehead atoms. The molecule has 0 spiro atoms. The summed E-state index contributed by atoms with van der Waals surface area (Å²) in [5.41, 5.74) is 2.46. The lowest BCUT2D eigenvalue weighted by Crippen LogP contribution is -2.20. The number of benzene rings is 2. The number of esters is 1. The Morgan fingerprint density at radius 2 is 2.08 bits per heavy atom. The topological polar surface area (TPSA) is 52.6 Å². The highest BCUT2D eigenvalue weighted by Gasteiger charge is 2.22. The Bertz CT molecular complexity index is 757. The molecule has 0 radical (unpaired) electrons. The maximum Gasteiger partial charge on any atom is 0.338 e. The molecule has 2 atom stereocenters. The Hall–Kier alpha value is -2.14. The molecule has 0 aromatic heterocycles. The Morgan fingerprint density at radius 1 is 1.25 bits per heavy atom. The fraction of sp³-hybridized carbons (Fsp3) is 0.316. The summed E-state index contributed by atoms with van der Waals surface area (Å²) in [5.74, 6) is 1.12. The predicted molar refractivity (Wildman–Crippen MR) is 93.8 cm³/mol. The van der Waals surface area contributed by atoms with Gasteiger partial charge in [0.25, 0.3) is 0 Å². The summed E-state index contributed by atoms with van der Waals surface area (Å²) in [6, 6.07) is 15.0. The summed E-state index contributed by atoms with van der Waals surface area (Å²) in [4.78, 5) is 12.3. The van der Waals surface area contributed by atoms with Crippen LogP contribution in [-0.2, 0) is 21.3 Å². The van der Waals surface area contributed by atoms with Crippen molar-refractivity contribution >= 4 is 16.8 Å². The molecule has 2 aromatic carbocycles. The first-order chi connectivity index (χ1) is 11.6. The first kappa shape index (κ1) is 16.7. The molecular formula is C19H20O4S. The summed E-state index contributed by atoms with van der Waals surface area (Å²) in [5, 5.41) is 0. The number of carbonyl (C=O) groups excluding carboxylic acids is 1. The van der Waals surface area contributed by atoms with E-state index in [4.69, 9.17) is 9.47 Å². The number of rotatable bonds is 5. The quantitative estimate of drug-likeness (QED) is 0.781. The molecule has 1 aliphatic heterocycles. The zero-order valence-electron chi connectivity index (χ0n) is 13.6. The van der Waals surface area contributed by atoms with Gasteiger partial charge in [-0.15, -0.1) is 0 Å². The Balaban J connectivity index is 1.65. The van der Waals surface area contributed by atoms with Crippen molar-refractivity contribution < 1.29 is 18.5 Å². The van der Waals surface area contributed by atoms with Gasteiger partial charge in [-0.05, 0) is 30.2 Å². The molecule has 0 N–H and O–H groups in total. The molecule has 0 amide bonds. The second kappa shape index (κ2) is 7.62. The number of ether oxygens (including phenoxy) is 2. The molecule has 126 valence electrons. The fourth-order valence-electron chi connectivity index (χ4n) is 2.87. The average molecular weight is 344 g/mol. The molecule has 0 saturated heterocycles. The maximum absolute atomic E-state index is 12.3. The van der Waals surface area contributed by atoms with Gasteiger partial charge in [0.05, 0.1) is 18.8 Å². The van der Waals surface area contributed by atoms with E-state index in [-0.39, 0.29) is 11.9 Å². The second-order valence-corrected chi connectivity index (χ2v) is 7.32. The van der Waals surface area contributed by atoms with E-state index in [2.05, 4.69) is 0 Å². The SMILES string of the molecule is CS(=O)Cc1cccc(C(=O)OCC2CCOc3ccccc32)c1. The minimum Gasteiger partial charge on any atom is -0.493 e. The van der Waals surface area contributed by atoms with E-state index in [1.165, 1.54) is 0 Å². The van der Waals surface area contributed by atoms with Crippen molar-refractivity contribution in [1.82, 2.24) is 0 Å². The van der Waals surface area contributed by atoms with Crippen LogP contribution in [0.2, 0.25) is 0 Å². The van der Waals surface area contributed by atoms with Gasteiger partial charge in [-0.2, -0.15) is 0 Å². The lowest BCUT2D eigenvalue weighted by Gasteiger charge is -2.25. The molecule has 0 fully saturated rings. The summed E-state index contributed by atoms with van der Waals surface area (Å²) < 4.78 is 22.5. The van der Waals surface area contributed by atoms with E-state index in [1.54, 1.807) is 24.5 Å². The molecule has 24 heavy (non-hydrogen) atoms. The summed E-state index contributed by atoms with van der Waals surface area (Å²) in [7, 11) is -0.937. The minimum atomic E-state index is -0.937. The molecule has 0 aliphatic carbocycles. The zero-order chi connectivity index (χ0) is 16.9. The van der Waals surface area contributed by atoms with Gasteiger partial charge in [0.15, 0.2) is 0 Å². The van der Waals surface area contributed by atoms with E-state index in [0.717, 1.165) is 23.3 Å². The van der Waals surface area contributed by atoms with Crippen molar-refractivity contribution in [3.05, 3.63) is 65.2 Å². The van der Waals surface area contributed by atoms with Crippen molar-refractivity contribution in [1.29, 1.82) is 0 Å². The largest absolute Gasteiger partial charge is 0.493 e. The van der Waals surface area contributed by atoms with Crippen LogP contribution in [0.5, 0.6) is 5.75 Å². The third kappa shape index (κ3) is 4.03. The minimum absolute atomic E-state index is 0.158. The van der Waals surface area contributed by atoms with Crippen molar-refractivity contribution in [2.75, 3.05) is 19.5 Å². The maximum atomic E-state index is 12.3. The van der Waals surface area contributed by atoms with Crippen LogP contribution in [0.1, 0.15) is 33.8 Å². The molecule has 1 aliphatic rings. The molecule has 3 rings (SSSR count). The number of hydrogen-bond donors (Lipinski definition) is 0. The van der Waals surface area contributed by atoms with Gasteiger partial charge >= 0.3 is 5.97 Å². The van der Waals surface area contributed by atoms with Crippen molar-refractivity contribution in [3.8, 4) is 5.75 Å². The van der Waals surface area contributed by atoms with Gasteiger partial charge in [0, 0.05) is 34.3 Å². The summed E-state index contributed by atoms with van der Waals surface area (Å²) >= 11 is 0. The summed E-state index contributed by atoms with van der Waals surface area (Å²) in [6.45, 7) is 0.972. The van der Waals surface area contributed by atoms with Crippen LogP contribution in [0.15, 0.2) is 48.5 Å². The van der Waals surface area contributed by atoms with Gasteiger partial charge in [-0.1, -0.05) is 30.3 Å². The van der Waals surface area contributed by atoms with Crippen LogP contribution < -0.4 is 4.74 Å². The average Bonchev–Trinajstić information content (AvgIpc) is 2.59. The van der Waals surface area contributed by atoms with Gasteiger partial charge < -0.3 is 9.47 Å². The number of hydrogen-bond acceptors (Lipinski definition) is 4. The number of para-hydroxylation sites is 1. The van der Waals surface area contributed by atoms with Crippen LogP contribution in [-0.4, -0.2) is 29.6 Å². The zero-order valence-corrected chi connectivity index (χ0v) is 14.4. The van der Waals surface area contributed by atoms with Gasteiger partial charge in [0.1, 0.15) is 5.75 Å². The molecular weight excluding hydrogens is 324 g/mol. The van der Waals surface area contributed by atoms with E-state index >= 15 is 0 Å². The highest BCUT2D eigenvalue weighted by Crippen LogP contribution is 2.33. The van der Waals surface area contributed by atoms with Crippen molar-refractivity contribution in [2.45, 2.75) is 18.1 Å². The highest BCUT2D eigenvalue weighted by atomic mass is 32.2. The van der Waals surface area contributed by atoms with Crippen LogP contribution in [0.25, 0.3) is 0 Å². The van der Waals surface area contributed by atoms with E-state index in [9.17, 15) is 9.00 Å². The molecule has 0 saturated carbocycles. The first-order valence-electron chi connectivity index (χ1n) is 7.91. The predicted octanol–water partition coefficient (Wildman–Crippen LogP) is 3.29. The van der Waals surface area contributed by atoms with Gasteiger partial charge in [0.2, 0.25) is 0 Å². The Kier molecular flexibility index (Phi) is 5.30. The molecule has 2 aromatic rings. The fourth-order valence-corrected chi connectivity index (χ4v) is 3.52. The number of fused-ring (bicyclic) bond motifs is 1. The second-order valence-electron chi connectivity index (χ2n) is 5.89. The van der Waals surface area contributed by atoms with Gasteiger partial charge in [-0.3, -0.25) is 4.21 Å². The standard InChI is InChI=1S/C19H20O4S/c1-24(21)13-14-5-4-6-15(11-14)19(20)23-12-16-9-10-22-18-8-3-2-7-17(16)18/h2-8,11,16H,9-10,12-13H2,1H3. The van der Waals surface area contributed by atoms with E-state index in [1.807, 2.05) is 30.3 Å². The lowest BCUT2D eigenvalue weighted by atomic mass is 9.94. The third-order valence-corrected chi connectivity index (χ3v) is 4.77. The lowest BCUT2D eigenvalue weighted by molar-refractivity contribution is 0.0459. The highest BCUT2D eigenvalue weighted by molar-refractivity contribution is 7.83. The van der Waals surface area contributed by atoms with E-state index in [0.29, 0.717) is 24.5 Å². The van der Waals surface area contributed by atoms with Crippen LogP contribution in [0, 0.1) is 0 Å². The van der Waals surface area contributed by atoms with Crippen LogP contribution in [0.3, 0.4) is 0 Å². The Labute approximate surface area is 144 Å². The Morgan fingerprint density at radius 3 is 2.92 bits per heavy atom. The van der Waals surface area contributed by atoms with Gasteiger partial charge in [-0.25, -0.2) is 4.79 Å². The van der Waals surface area contributed by atoms with Crippen LogP contribution >= 0.6 is 0 Å². The smallest absolute Gasteiger partial charge is 0.338 e. The first-order valence-corrected chi connectivity index (χ1v) is 9.64. The summed E-state index contributed by atoms with van der Waals surface area (Å²) in [6.07, 6.45) is 2.48. The molecule has 1 heterocycles. The molecule has 2 unspecified atom stereocenters. The normalized spacial score (nSPS) is 17.5. The monoisotopic (exact) mass is 344 g/mol. The van der Waals surface area contributed by atoms with Crippen molar-refractivity contribution in [3.63, 3.8) is 0 Å². The molecule has 4 nitrogen and oxygen atoms in total. The van der Waals surface area contributed by atoms with Crippen LogP contribution in [0.4, 0.5) is 0 Å². The van der Waals surface area contributed by atoms with E-state index < -0.39 is 10.8 Å². The third-order valence-electron chi connectivity index (χ3n) is 4.03.